The first-order chi connectivity index (χ1) is 5.41. The molecule has 0 aliphatic carbocycles. The molecule has 0 rings (SSSR count). The van der Waals surface area contributed by atoms with Crippen LogP contribution in [0.1, 0.15) is 0 Å². The summed E-state index contributed by atoms with van der Waals surface area (Å²) in [4.78, 5) is 0. The Hall–Kier alpha value is 0.220. The largest absolute Gasteiger partial charge is 0.773 e. The molecule has 0 aliphatic heterocycles. The fraction of sp³-hybridized carbons (Fsp3) is 1.00. The molecule has 0 heterocycles. The first-order valence-electron chi connectivity index (χ1n) is 2.70. The fourth-order valence-corrected chi connectivity index (χ4v) is 0.671. The Morgan fingerprint density at radius 1 is 1.17 bits per heavy atom. The zero-order chi connectivity index (χ0) is 10.2. The van der Waals surface area contributed by atoms with Gasteiger partial charge in [0.05, 0.1) is 0 Å². The van der Waals surface area contributed by atoms with Crippen molar-refractivity contribution >= 4 is 18.9 Å². The summed E-state index contributed by atoms with van der Waals surface area (Å²) < 4.78 is 41.7. The quantitative estimate of drug-likeness (QED) is 0.508. The van der Waals surface area contributed by atoms with Gasteiger partial charge in [-0.2, -0.15) is 0 Å². The highest BCUT2D eigenvalue weighted by atomic mass is 32.2. The highest BCUT2D eigenvalue weighted by Crippen LogP contribution is 2.46. The van der Waals surface area contributed by atoms with Crippen molar-refractivity contribution in [3.05, 3.63) is 0 Å². The van der Waals surface area contributed by atoms with Crippen LogP contribution in [0.25, 0.3) is 0 Å². The van der Waals surface area contributed by atoms with Crippen LogP contribution in [0.15, 0.2) is 0 Å². The Balaban J connectivity index is 0. The summed E-state index contributed by atoms with van der Waals surface area (Å²) in [6.07, 6.45) is 1.08. The summed E-state index contributed by atoms with van der Waals surface area (Å²) in [6.45, 7) is 0. The summed E-state index contributed by atoms with van der Waals surface area (Å²) in [5, 5.41) is 0. The van der Waals surface area contributed by atoms with Crippen LogP contribution in [0, 0.1) is 0 Å². The fourth-order valence-electron chi connectivity index (χ4n) is 0.224. The molecule has 0 aromatic heterocycles. The predicted molar refractivity (Wildman–Crippen MR) is 43.5 cm³/mol. The second kappa shape index (κ2) is 7.85. The van der Waals surface area contributed by atoms with E-state index in [1.165, 1.54) is 21.3 Å². The average Bonchev–Trinajstić information content (AvgIpc) is 2.02. The van der Waals surface area contributed by atoms with E-state index in [1.54, 1.807) is 0 Å². The van der Waals surface area contributed by atoms with E-state index in [9.17, 15) is 4.57 Å². The van der Waals surface area contributed by atoms with Gasteiger partial charge in [0.2, 0.25) is 0 Å². The zero-order valence-corrected chi connectivity index (χ0v) is 9.02. The van der Waals surface area contributed by atoms with E-state index in [1.807, 2.05) is 0 Å². The monoisotopic (exact) mass is 219 g/mol. The molecule has 1 unspecified atom stereocenters. The van der Waals surface area contributed by atoms with Crippen LogP contribution in [0.4, 0.5) is 0 Å². The van der Waals surface area contributed by atoms with Crippen LogP contribution < -0.4 is 0 Å². The van der Waals surface area contributed by atoms with Crippen LogP contribution in [-0.4, -0.2) is 36.3 Å². The van der Waals surface area contributed by atoms with Gasteiger partial charge in [0.25, 0.3) is 0 Å². The van der Waals surface area contributed by atoms with Crippen molar-refractivity contribution in [3.63, 3.8) is 0 Å². The molecule has 0 saturated heterocycles. The van der Waals surface area contributed by atoms with E-state index in [0.717, 1.165) is 6.26 Å². The lowest BCUT2D eigenvalue weighted by molar-refractivity contribution is 0.178. The zero-order valence-electron chi connectivity index (χ0n) is 7.30. The third-order valence-electron chi connectivity index (χ3n) is 0.671. The molecule has 0 fully saturated rings. The minimum absolute atomic E-state index is 1.08. The van der Waals surface area contributed by atoms with Crippen molar-refractivity contribution < 1.29 is 26.9 Å². The smallest absolute Gasteiger partial charge is 0.473 e. The van der Waals surface area contributed by atoms with E-state index in [2.05, 4.69) is 13.6 Å². The van der Waals surface area contributed by atoms with Gasteiger partial charge in [-0.15, -0.1) is 0 Å². The first kappa shape index (κ1) is 14.7. The van der Waals surface area contributed by atoms with Gasteiger partial charge in [0.15, 0.2) is 0 Å². The van der Waals surface area contributed by atoms with Gasteiger partial charge in [0.1, 0.15) is 0 Å². The molecule has 8 heteroatoms. The van der Waals surface area contributed by atoms with Gasteiger partial charge < -0.3 is 4.55 Å². The molecule has 0 saturated carbocycles. The second-order valence-electron chi connectivity index (χ2n) is 1.40. The van der Waals surface area contributed by atoms with Crippen LogP contribution in [-0.2, 0) is 29.2 Å². The molecule has 0 aromatic carbocycles. The van der Waals surface area contributed by atoms with E-state index < -0.39 is 18.9 Å². The van der Waals surface area contributed by atoms with Crippen LogP contribution >= 0.6 is 7.82 Å². The number of hydrogen-bond acceptors (Lipinski definition) is 6. The van der Waals surface area contributed by atoms with Crippen molar-refractivity contribution in [2.75, 3.05) is 27.6 Å². The third kappa shape index (κ3) is 10.2. The maximum atomic E-state index is 10.7. The molecular weight excluding hydrogens is 207 g/mol. The van der Waals surface area contributed by atoms with E-state index in [4.69, 9.17) is 8.76 Å². The molecule has 0 radical (unpaired) electrons. The Morgan fingerprint density at radius 2 is 1.33 bits per heavy atom. The standard InChI is InChI=1S/C3H9O4P.CH4O2S/c1-5-8(4,6-2)7-3;1-4(2)3/h1-3H3;1H3,(H,2,3)/p-1. The average molecular weight is 219 g/mol. The van der Waals surface area contributed by atoms with Gasteiger partial charge in [-0.25, -0.2) is 4.57 Å². The van der Waals surface area contributed by atoms with Crippen LogP contribution in [0.5, 0.6) is 0 Å². The molecule has 0 N–H and O–H groups in total. The highest BCUT2D eigenvalue weighted by Gasteiger charge is 2.18. The Labute approximate surface area is 74.1 Å². The molecule has 0 aromatic rings. The van der Waals surface area contributed by atoms with Gasteiger partial charge in [-0.05, 0) is 6.26 Å². The highest BCUT2D eigenvalue weighted by molar-refractivity contribution is 7.78. The molecule has 0 bridgehead atoms. The number of rotatable bonds is 3. The lowest BCUT2D eigenvalue weighted by Crippen LogP contribution is -1.88. The first-order valence-corrected chi connectivity index (χ1v) is 5.64. The lowest BCUT2D eigenvalue weighted by Gasteiger charge is -2.08. The maximum Gasteiger partial charge on any atom is 0.473 e. The molecular formula is C4H12O6PS-. The summed E-state index contributed by atoms with van der Waals surface area (Å²) >= 11 is -1.86. The van der Waals surface area contributed by atoms with E-state index in [-0.39, 0.29) is 0 Å². The minimum atomic E-state index is -3.16. The van der Waals surface area contributed by atoms with Crippen molar-refractivity contribution in [1.82, 2.24) is 0 Å². The Kier molecular flexibility index (Phi) is 9.63. The van der Waals surface area contributed by atoms with Crippen molar-refractivity contribution in [1.29, 1.82) is 0 Å². The van der Waals surface area contributed by atoms with Gasteiger partial charge in [-0.3, -0.25) is 17.8 Å². The summed E-state index contributed by atoms with van der Waals surface area (Å²) in [7, 11) is 0.611. The SMILES string of the molecule is COP(=O)(OC)OC.CS(=O)[O-]. The van der Waals surface area contributed by atoms with E-state index >= 15 is 0 Å². The van der Waals surface area contributed by atoms with Gasteiger partial charge >= 0.3 is 7.82 Å². The number of phosphoric ester groups is 1. The molecule has 0 aliphatic rings. The third-order valence-corrected chi connectivity index (χ3v) is 2.01. The maximum absolute atomic E-state index is 10.7. The number of hydrogen-bond donors (Lipinski definition) is 0. The predicted octanol–water partition coefficient (Wildman–Crippen LogP) is 0.529. The topological polar surface area (TPSA) is 84.9 Å². The van der Waals surface area contributed by atoms with Crippen molar-refractivity contribution in [3.8, 4) is 0 Å². The molecule has 1 atom stereocenters. The summed E-state index contributed by atoms with van der Waals surface area (Å²) in [5.74, 6) is 0. The molecule has 0 spiro atoms. The number of phosphoric acid groups is 1. The Bertz CT molecular complexity index is 148. The summed E-state index contributed by atoms with van der Waals surface area (Å²) in [5.41, 5.74) is 0. The normalized spacial score (nSPS) is 13.1. The molecule has 12 heavy (non-hydrogen) atoms. The van der Waals surface area contributed by atoms with Gasteiger partial charge in [-0.1, -0.05) is 11.1 Å². The van der Waals surface area contributed by atoms with E-state index in [0.29, 0.717) is 0 Å². The second-order valence-corrected chi connectivity index (χ2v) is 4.19. The van der Waals surface area contributed by atoms with Crippen molar-refractivity contribution in [2.24, 2.45) is 0 Å². The van der Waals surface area contributed by atoms with Crippen LogP contribution in [0.2, 0.25) is 0 Å². The lowest BCUT2D eigenvalue weighted by atomic mass is 11.8. The van der Waals surface area contributed by atoms with Crippen LogP contribution in [0.3, 0.4) is 0 Å². The van der Waals surface area contributed by atoms with Gasteiger partial charge in [0, 0.05) is 21.3 Å². The van der Waals surface area contributed by atoms with Crippen molar-refractivity contribution in [2.45, 2.75) is 0 Å². The summed E-state index contributed by atoms with van der Waals surface area (Å²) in [6, 6.07) is 0. The molecule has 0 amide bonds. The minimum Gasteiger partial charge on any atom is -0.773 e. The molecule has 76 valence electrons. The molecule has 6 nitrogen and oxygen atoms in total. The Morgan fingerprint density at radius 3 is 1.33 bits per heavy atom.